The number of hydrogen-bond donors (Lipinski definition) is 1. The van der Waals surface area contributed by atoms with Crippen LogP contribution < -0.4 is 14.5 Å². The zero-order chi connectivity index (χ0) is 37.5. The molecular weight excluding hydrogens is 631 g/mol. The van der Waals surface area contributed by atoms with Gasteiger partial charge in [0, 0.05) is 70.3 Å². The van der Waals surface area contributed by atoms with Crippen LogP contribution in [0.2, 0.25) is 0 Å². The minimum absolute atomic E-state index is 1.11. The molecule has 1 N–H and O–H groups in total. The van der Waals surface area contributed by atoms with Crippen molar-refractivity contribution < 1.29 is 9.13 Å². The Kier molecular flexibility index (Phi) is 28.2. The van der Waals surface area contributed by atoms with Gasteiger partial charge in [-0.25, -0.2) is 4.57 Å². The average molecular weight is 720 g/mol. The van der Waals surface area contributed by atoms with Gasteiger partial charge in [-0.1, -0.05) is 155 Å². The highest BCUT2D eigenvalue weighted by Crippen LogP contribution is 2.15. The van der Waals surface area contributed by atoms with Crippen LogP contribution in [-0.4, -0.2) is 13.1 Å². The second-order valence-electron chi connectivity index (χ2n) is 16.7. The quantitative estimate of drug-likeness (QED) is 0.0555. The van der Waals surface area contributed by atoms with Crippen molar-refractivity contribution in [2.24, 2.45) is 0 Å². The minimum atomic E-state index is 1.11. The summed E-state index contributed by atoms with van der Waals surface area (Å²) < 4.78 is 5.24. The summed E-state index contributed by atoms with van der Waals surface area (Å²) in [4.78, 5) is 0. The summed E-state index contributed by atoms with van der Waals surface area (Å²) in [5.41, 5.74) is 8.81. The molecule has 3 heteroatoms. The maximum Gasteiger partial charge on any atom is 0.181 e. The average Bonchev–Trinajstić information content (AvgIpc) is 3.11. The molecule has 0 atom stereocenters. The third-order valence-electron chi connectivity index (χ3n) is 11.5. The Morgan fingerprint density at radius 1 is 0.365 bits per heavy atom. The minimum Gasteiger partial charge on any atom is -0.316 e. The number of aromatic nitrogens is 2. The second kappa shape index (κ2) is 31.6. The molecule has 0 aromatic carbocycles. The van der Waals surface area contributed by atoms with Crippen LogP contribution in [0.5, 0.6) is 0 Å². The van der Waals surface area contributed by atoms with Crippen LogP contribution in [0.3, 0.4) is 0 Å². The normalized spacial score (nSPS) is 11.6. The van der Waals surface area contributed by atoms with Crippen LogP contribution in [0.1, 0.15) is 221 Å². The predicted octanol–water partition coefficient (Wildman–Crippen LogP) is 13.4. The monoisotopic (exact) mass is 720 g/mol. The lowest BCUT2D eigenvalue weighted by Gasteiger charge is -2.10. The van der Waals surface area contributed by atoms with Crippen molar-refractivity contribution in [3.05, 3.63) is 58.2 Å². The van der Waals surface area contributed by atoms with E-state index >= 15 is 0 Å². The lowest BCUT2D eigenvalue weighted by atomic mass is 10.0. The summed E-state index contributed by atoms with van der Waals surface area (Å²) in [5, 5.41) is 3.78. The largest absolute Gasteiger partial charge is 0.316 e. The van der Waals surface area contributed by atoms with E-state index in [9.17, 15) is 0 Å². The number of nitrogens with one attached hydrogen (secondary N) is 1. The summed E-state index contributed by atoms with van der Waals surface area (Å²) in [5.74, 6) is 0. The van der Waals surface area contributed by atoms with Gasteiger partial charge in [0.15, 0.2) is 22.8 Å². The number of nitrogens with zero attached hydrogens (tertiary/aromatic N) is 2. The molecule has 0 aliphatic rings. The zero-order valence-electron chi connectivity index (χ0n) is 36.0. The molecule has 2 heterocycles. The molecule has 0 fully saturated rings. The van der Waals surface area contributed by atoms with Gasteiger partial charge in [0.05, 0.1) is 0 Å². The molecule has 0 aliphatic carbocycles. The molecule has 0 spiro atoms. The Morgan fingerprint density at radius 2 is 0.692 bits per heavy atom. The molecule has 0 radical (unpaired) electrons. The van der Waals surface area contributed by atoms with Crippen LogP contribution in [0.25, 0.3) is 0 Å². The maximum absolute atomic E-state index is 3.78. The molecule has 0 unspecified atom stereocenters. The fourth-order valence-electron chi connectivity index (χ4n) is 8.39. The van der Waals surface area contributed by atoms with Gasteiger partial charge < -0.3 is 5.32 Å². The first-order chi connectivity index (χ1) is 25.5. The van der Waals surface area contributed by atoms with Gasteiger partial charge in [-0.15, -0.1) is 0 Å². The zero-order valence-corrected chi connectivity index (χ0v) is 36.0. The van der Waals surface area contributed by atoms with Crippen molar-refractivity contribution in [3.63, 3.8) is 0 Å². The van der Waals surface area contributed by atoms with Crippen molar-refractivity contribution in [1.82, 2.24) is 5.32 Å². The number of hydrogen-bond acceptors (Lipinski definition) is 1. The Bertz CT molecular complexity index is 1050. The second-order valence-corrected chi connectivity index (χ2v) is 16.7. The van der Waals surface area contributed by atoms with Crippen molar-refractivity contribution in [3.8, 4) is 0 Å². The molecule has 52 heavy (non-hydrogen) atoms. The van der Waals surface area contributed by atoms with Crippen molar-refractivity contribution >= 4 is 0 Å². The molecule has 0 saturated heterocycles. The first-order valence-corrected chi connectivity index (χ1v) is 23.2. The third-order valence-corrected chi connectivity index (χ3v) is 11.5. The van der Waals surface area contributed by atoms with E-state index in [1.54, 1.807) is 11.4 Å². The summed E-state index contributed by atoms with van der Waals surface area (Å²) in [6, 6.07) is 9.66. The van der Waals surface area contributed by atoms with Crippen molar-refractivity contribution in [2.75, 3.05) is 13.1 Å². The Morgan fingerprint density at radius 3 is 1.08 bits per heavy atom. The molecule has 0 bridgehead atoms. The van der Waals surface area contributed by atoms with Crippen molar-refractivity contribution in [2.45, 2.75) is 241 Å². The van der Waals surface area contributed by atoms with Gasteiger partial charge >= 0.3 is 0 Å². The molecule has 2 aromatic heterocycles. The number of rotatable bonds is 35. The topological polar surface area (TPSA) is 19.8 Å². The van der Waals surface area contributed by atoms with Crippen LogP contribution in [0.4, 0.5) is 0 Å². The smallest absolute Gasteiger partial charge is 0.181 e. The molecule has 298 valence electrons. The van der Waals surface area contributed by atoms with Gasteiger partial charge in [0.1, 0.15) is 13.1 Å². The van der Waals surface area contributed by atoms with E-state index in [2.05, 4.69) is 80.3 Å². The Balaban J connectivity index is 1.59. The first-order valence-electron chi connectivity index (χ1n) is 23.2. The summed E-state index contributed by atoms with van der Waals surface area (Å²) >= 11 is 0. The van der Waals surface area contributed by atoms with E-state index in [-0.39, 0.29) is 0 Å². The fraction of sp³-hybridized carbons (Fsp3) is 0.796. The van der Waals surface area contributed by atoms with Crippen molar-refractivity contribution in [1.29, 1.82) is 0 Å². The molecule has 2 aromatic rings. The molecular formula is C49H89N3+2. The summed E-state index contributed by atoms with van der Waals surface area (Å²) in [6.45, 7) is 18.3. The van der Waals surface area contributed by atoms with Crippen LogP contribution in [-0.2, 0) is 25.9 Å². The molecule has 3 nitrogen and oxygen atoms in total. The van der Waals surface area contributed by atoms with E-state index in [0.29, 0.717) is 0 Å². The SMILES string of the molecule is CCCCCCCCCCCCCCc1cc(C)cc(C)[n+]1CCCCNCCC[n+]1c(C)cc(C)cc1CCCCCCCCCCCCCC. The van der Waals surface area contributed by atoms with Gasteiger partial charge in [0.25, 0.3) is 0 Å². The third kappa shape index (κ3) is 22.5. The number of pyridine rings is 2. The van der Waals surface area contributed by atoms with Crippen LogP contribution in [0, 0.1) is 27.7 Å². The van der Waals surface area contributed by atoms with Gasteiger partial charge in [-0.2, -0.15) is 4.57 Å². The first kappa shape index (κ1) is 46.4. The van der Waals surface area contributed by atoms with Crippen LogP contribution >= 0.6 is 0 Å². The van der Waals surface area contributed by atoms with E-state index in [0.717, 1.165) is 26.2 Å². The lowest BCUT2D eigenvalue weighted by molar-refractivity contribution is -0.710. The van der Waals surface area contributed by atoms with E-state index in [1.165, 1.54) is 209 Å². The summed E-state index contributed by atoms with van der Waals surface area (Å²) in [6.07, 6.45) is 40.2. The highest BCUT2D eigenvalue weighted by atomic mass is 15.0. The van der Waals surface area contributed by atoms with Crippen LogP contribution in [0.15, 0.2) is 24.3 Å². The predicted molar refractivity (Wildman–Crippen MR) is 229 cm³/mol. The number of unbranched alkanes of at least 4 members (excludes halogenated alkanes) is 23. The van der Waals surface area contributed by atoms with Gasteiger partial charge in [0.2, 0.25) is 0 Å². The Hall–Kier alpha value is -1.74. The van der Waals surface area contributed by atoms with E-state index in [1.807, 2.05) is 0 Å². The standard InChI is InChI=1S/C49H89N3/c1-7-9-11-13-15-17-19-21-23-25-27-29-34-48-42-44(3)40-46(5)51(48)38-32-31-36-50-37-33-39-52-47(6)41-45(4)43-49(52)35-30-28-26-24-22-20-18-16-14-12-10-8-2/h40-43,50H,7-39H2,1-6H3/q+2. The molecule has 0 saturated carbocycles. The Labute approximate surface area is 325 Å². The van der Waals surface area contributed by atoms with E-state index in [4.69, 9.17) is 0 Å². The van der Waals surface area contributed by atoms with Gasteiger partial charge in [-0.3, -0.25) is 0 Å². The van der Waals surface area contributed by atoms with E-state index < -0.39 is 0 Å². The molecule has 2 rings (SSSR count). The number of aryl methyl sites for hydroxylation is 6. The molecule has 0 aliphatic heterocycles. The maximum atomic E-state index is 3.78. The highest BCUT2D eigenvalue weighted by Gasteiger charge is 2.16. The van der Waals surface area contributed by atoms with Gasteiger partial charge in [-0.05, 0) is 50.8 Å². The summed E-state index contributed by atoms with van der Waals surface area (Å²) in [7, 11) is 0. The highest BCUT2D eigenvalue weighted by molar-refractivity contribution is 5.15. The fourth-order valence-corrected chi connectivity index (χ4v) is 8.39. The molecule has 0 amide bonds. The lowest BCUT2D eigenvalue weighted by Crippen LogP contribution is -2.43.